The Morgan fingerprint density at radius 1 is 1.35 bits per heavy atom. The SMILES string of the molecule is Cc1ccc(C(=O)N[C@H]2CN(C(CO)CO)C[C@@H]2C(C)C)s1.Cl. The van der Waals surface area contributed by atoms with Crippen molar-refractivity contribution in [3.05, 3.63) is 21.9 Å². The van der Waals surface area contributed by atoms with Crippen LogP contribution in [0.5, 0.6) is 0 Å². The summed E-state index contributed by atoms with van der Waals surface area (Å²) in [5.74, 6) is 0.726. The quantitative estimate of drug-likeness (QED) is 0.717. The molecule has 23 heavy (non-hydrogen) atoms. The molecule has 2 heterocycles. The smallest absolute Gasteiger partial charge is 0.261 e. The minimum absolute atomic E-state index is 0. The monoisotopic (exact) mass is 362 g/mol. The molecular formula is C16H27ClN2O3S. The maximum Gasteiger partial charge on any atom is 0.261 e. The minimum atomic E-state index is -0.243. The molecule has 0 unspecified atom stereocenters. The van der Waals surface area contributed by atoms with Gasteiger partial charge in [0.2, 0.25) is 0 Å². The zero-order valence-electron chi connectivity index (χ0n) is 13.9. The molecule has 1 fully saturated rings. The van der Waals surface area contributed by atoms with E-state index in [2.05, 4.69) is 24.1 Å². The number of aliphatic hydroxyl groups excluding tert-OH is 2. The topological polar surface area (TPSA) is 72.8 Å². The second kappa shape index (κ2) is 8.99. The first-order valence-electron chi connectivity index (χ1n) is 7.79. The van der Waals surface area contributed by atoms with E-state index in [0.29, 0.717) is 18.4 Å². The lowest BCUT2D eigenvalue weighted by Crippen LogP contribution is -2.43. The Bertz CT molecular complexity index is 505. The number of thiophene rings is 1. The lowest BCUT2D eigenvalue weighted by molar-refractivity contribution is 0.0850. The van der Waals surface area contributed by atoms with Crippen molar-refractivity contribution in [3.63, 3.8) is 0 Å². The number of likely N-dealkylation sites (tertiary alicyclic amines) is 1. The van der Waals surface area contributed by atoms with Gasteiger partial charge in [0, 0.05) is 24.0 Å². The Morgan fingerprint density at radius 2 is 2.00 bits per heavy atom. The highest BCUT2D eigenvalue weighted by Crippen LogP contribution is 2.26. The molecule has 1 saturated heterocycles. The maximum absolute atomic E-state index is 12.4. The number of aryl methyl sites for hydroxylation is 1. The van der Waals surface area contributed by atoms with Crippen molar-refractivity contribution in [2.75, 3.05) is 26.3 Å². The molecule has 2 rings (SSSR count). The van der Waals surface area contributed by atoms with Gasteiger partial charge in [-0.2, -0.15) is 0 Å². The standard InChI is InChI=1S/C16H26N2O3S.ClH/c1-10(2)13-6-18(12(8-19)9-20)7-14(13)17-16(21)15-5-4-11(3)22-15;/h4-5,10,12-14,19-20H,6-9H2,1-3H3,(H,17,21);1H/t13-,14+;/m1./s1. The van der Waals surface area contributed by atoms with E-state index >= 15 is 0 Å². The zero-order chi connectivity index (χ0) is 16.3. The molecule has 0 aliphatic carbocycles. The molecular weight excluding hydrogens is 336 g/mol. The van der Waals surface area contributed by atoms with Crippen LogP contribution in [0.4, 0.5) is 0 Å². The summed E-state index contributed by atoms with van der Waals surface area (Å²) in [6, 6.07) is 3.62. The van der Waals surface area contributed by atoms with E-state index in [0.717, 1.165) is 16.3 Å². The van der Waals surface area contributed by atoms with E-state index in [4.69, 9.17) is 0 Å². The number of nitrogens with one attached hydrogen (secondary N) is 1. The fourth-order valence-electron chi connectivity index (χ4n) is 3.07. The third-order valence-electron chi connectivity index (χ3n) is 4.47. The van der Waals surface area contributed by atoms with Crippen molar-refractivity contribution in [2.45, 2.75) is 32.9 Å². The molecule has 0 radical (unpaired) electrons. The van der Waals surface area contributed by atoms with Crippen LogP contribution in [0, 0.1) is 18.8 Å². The van der Waals surface area contributed by atoms with Gasteiger partial charge in [-0.05, 0) is 30.9 Å². The Morgan fingerprint density at radius 3 is 2.48 bits per heavy atom. The third kappa shape index (κ3) is 4.90. The molecule has 0 spiro atoms. The lowest BCUT2D eigenvalue weighted by atomic mass is 9.91. The van der Waals surface area contributed by atoms with E-state index in [1.54, 1.807) is 0 Å². The Kier molecular flexibility index (Phi) is 7.97. The molecule has 0 saturated carbocycles. The van der Waals surface area contributed by atoms with Crippen LogP contribution >= 0.6 is 23.7 Å². The molecule has 5 nitrogen and oxygen atoms in total. The van der Waals surface area contributed by atoms with Gasteiger partial charge in [-0.15, -0.1) is 23.7 Å². The van der Waals surface area contributed by atoms with Gasteiger partial charge in [0.05, 0.1) is 24.1 Å². The lowest BCUT2D eigenvalue weighted by Gasteiger charge is -2.24. The summed E-state index contributed by atoms with van der Waals surface area (Å²) in [4.78, 5) is 16.3. The number of hydrogen-bond acceptors (Lipinski definition) is 5. The predicted molar refractivity (Wildman–Crippen MR) is 95.4 cm³/mol. The molecule has 1 aliphatic heterocycles. The highest BCUT2D eigenvalue weighted by Gasteiger charge is 2.38. The Balaban J connectivity index is 0.00000264. The normalized spacial score (nSPS) is 21.7. The molecule has 0 aromatic carbocycles. The minimum Gasteiger partial charge on any atom is -0.395 e. The first kappa shape index (κ1) is 20.4. The predicted octanol–water partition coefficient (Wildman–Crippen LogP) is 1.52. The number of carbonyl (C=O) groups excluding carboxylic acids is 1. The van der Waals surface area contributed by atoms with Gasteiger partial charge < -0.3 is 15.5 Å². The number of halogens is 1. The molecule has 0 bridgehead atoms. The number of aliphatic hydroxyl groups is 2. The summed E-state index contributed by atoms with van der Waals surface area (Å²) in [6.45, 7) is 7.62. The highest BCUT2D eigenvalue weighted by molar-refractivity contribution is 7.13. The summed E-state index contributed by atoms with van der Waals surface area (Å²) >= 11 is 1.50. The van der Waals surface area contributed by atoms with Gasteiger partial charge in [-0.3, -0.25) is 9.69 Å². The van der Waals surface area contributed by atoms with Crippen LogP contribution in [0.1, 0.15) is 28.4 Å². The molecule has 1 aliphatic rings. The van der Waals surface area contributed by atoms with Crippen LogP contribution in [-0.2, 0) is 0 Å². The van der Waals surface area contributed by atoms with Crippen LogP contribution in [0.25, 0.3) is 0 Å². The van der Waals surface area contributed by atoms with E-state index in [1.807, 2.05) is 19.1 Å². The van der Waals surface area contributed by atoms with Gasteiger partial charge in [0.15, 0.2) is 0 Å². The highest BCUT2D eigenvalue weighted by atomic mass is 35.5. The third-order valence-corrected chi connectivity index (χ3v) is 5.47. The largest absolute Gasteiger partial charge is 0.395 e. The average Bonchev–Trinajstić information content (AvgIpc) is 3.07. The second-order valence-corrected chi connectivity index (χ2v) is 7.66. The number of rotatable bonds is 6. The van der Waals surface area contributed by atoms with Crippen molar-refractivity contribution in [1.29, 1.82) is 0 Å². The van der Waals surface area contributed by atoms with Gasteiger partial charge in [-0.25, -0.2) is 0 Å². The van der Waals surface area contributed by atoms with E-state index in [9.17, 15) is 15.0 Å². The van der Waals surface area contributed by atoms with Crippen LogP contribution in [0.3, 0.4) is 0 Å². The molecule has 3 N–H and O–H groups in total. The van der Waals surface area contributed by atoms with Crippen LogP contribution in [0.15, 0.2) is 12.1 Å². The van der Waals surface area contributed by atoms with Crippen LogP contribution in [-0.4, -0.2) is 59.4 Å². The van der Waals surface area contributed by atoms with Crippen molar-refractivity contribution >= 4 is 29.7 Å². The number of hydrogen-bond donors (Lipinski definition) is 3. The fourth-order valence-corrected chi connectivity index (χ4v) is 3.84. The van der Waals surface area contributed by atoms with Crippen molar-refractivity contribution in [1.82, 2.24) is 10.2 Å². The van der Waals surface area contributed by atoms with Crippen molar-refractivity contribution < 1.29 is 15.0 Å². The van der Waals surface area contributed by atoms with Gasteiger partial charge >= 0.3 is 0 Å². The van der Waals surface area contributed by atoms with Gasteiger partial charge in [-0.1, -0.05) is 13.8 Å². The Labute approximate surface area is 148 Å². The van der Waals surface area contributed by atoms with Gasteiger partial charge in [0.25, 0.3) is 5.91 Å². The summed E-state index contributed by atoms with van der Waals surface area (Å²) in [7, 11) is 0. The summed E-state index contributed by atoms with van der Waals surface area (Å²) < 4.78 is 0. The molecule has 132 valence electrons. The second-order valence-electron chi connectivity index (χ2n) is 6.37. The average molecular weight is 363 g/mol. The van der Waals surface area contributed by atoms with Gasteiger partial charge in [0.1, 0.15) is 0 Å². The Hall–Kier alpha value is -0.660. The number of amides is 1. The molecule has 1 aromatic rings. The number of carbonyl (C=O) groups is 1. The molecule has 7 heteroatoms. The number of nitrogens with zero attached hydrogens (tertiary/aromatic N) is 1. The fraction of sp³-hybridized carbons (Fsp3) is 0.688. The van der Waals surface area contributed by atoms with E-state index < -0.39 is 0 Å². The van der Waals surface area contributed by atoms with E-state index in [1.165, 1.54) is 11.3 Å². The van der Waals surface area contributed by atoms with Crippen LogP contribution < -0.4 is 5.32 Å². The zero-order valence-corrected chi connectivity index (χ0v) is 15.5. The van der Waals surface area contributed by atoms with Crippen LogP contribution in [0.2, 0.25) is 0 Å². The first-order chi connectivity index (χ1) is 10.5. The molecule has 1 amide bonds. The molecule has 2 atom stereocenters. The van der Waals surface area contributed by atoms with Crippen molar-refractivity contribution in [3.8, 4) is 0 Å². The van der Waals surface area contributed by atoms with E-state index in [-0.39, 0.29) is 43.6 Å². The summed E-state index contributed by atoms with van der Waals surface area (Å²) in [5.41, 5.74) is 0. The molecule has 1 aromatic heterocycles. The summed E-state index contributed by atoms with van der Waals surface area (Å²) in [6.07, 6.45) is 0. The first-order valence-corrected chi connectivity index (χ1v) is 8.61. The maximum atomic E-state index is 12.4. The van der Waals surface area contributed by atoms with Crippen molar-refractivity contribution in [2.24, 2.45) is 11.8 Å². The summed E-state index contributed by atoms with van der Waals surface area (Å²) in [5, 5.41) is 21.9.